The maximum atomic E-state index is 14.1. The van der Waals surface area contributed by atoms with Crippen molar-refractivity contribution in [3.8, 4) is 16.2 Å². The van der Waals surface area contributed by atoms with E-state index in [0.717, 1.165) is 62.6 Å². The molecule has 3 aliphatic heterocycles. The quantitative estimate of drug-likeness (QED) is 0.0756. The lowest BCUT2D eigenvalue weighted by molar-refractivity contribution is -0.181. The number of carboxylic acid groups (broad SMARTS) is 1. The summed E-state index contributed by atoms with van der Waals surface area (Å²) in [5.41, 5.74) is 5.21. The molecular weight excluding hydrogens is 909 g/mol. The summed E-state index contributed by atoms with van der Waals surface area (Å²) in [5, 5.41) is 29.0. The minimum absolute atomic E-state index is 0.00527. The first-order chi connectivity index (χ1) is 32.3. The fraction of sp³-hybridized carbons (Fsp3) is 0.510. The predicted molar refractivity (Wildman–Crippen MR) is 260 cm³/mol. The number of methoxy groups -OCH3 is 1. The zero-order chi connectivity index (χ0) is 48.5. The summed E-state index contributed by atoms with van der Waals surface area (Å²) < 4.78 is 52.2. The first-order valence-corrected chi connectivity index (χ1v) is 25.8. The highest BCUT2D eigenvalue weighted by Crippen LogP contribution is 2.47. The number of aliphatic hydroxyl groups excluding tert-OH is 1. The van der Waals surface area contributed by atoms with Gasteiger partial charge in [-0.1, -0.05) is 45.9 Å². The van der Waals surface area contributed by atoms with Crippen molar-refractivity contribution in [1.29, 1.82) is 0 Å². The number of fused-ring (bicyclic) bond motifs is 2. The van der Waals surface area contributed by atoms with Crippen LogP contribution in [0.25, 0.3) is 10.4 Å². The number of hydrogen-bond donors (Lipinski definition) is 4. The highest BCUT2D eigenvalue weighted by atomic mass is 32.2. The Kier molecular flexibility index (Phi) is 14.6. The zero-order valence-electron chi connectivity index (χ0n) is 39.7. The van der Waals surface area contributed by atoms with Crippen molar-refractivity contribution in [2.75, 3.05) is 50.2 Å². The lowest BCUT2D eigenvalue weighted by Gasteiger charge is -2.31. The number of sulfonamides is 1. The van der Waals surface area contributed by atoms with Crippen LogP contribution in [0.1, 0.15) is 92.2 Å². The van der Waals surface area contributed by atoms with Crippen molar-refractivity contribution in [2.45, 2.75) is 115 Å². The molecule has 15 nitrogen and oxygen atoms in total. The molecule has 4 aliphatic rings. The van der Waals surface area contributed by atoms with E-state index in [1.165, 1.54) is 23.5 Å². The van der Waals surface area contributed by atoms with E-state index in [9.17, 15) is 33.0 Å². The number of nitrogens with one attached hydrogen (secondary N) is 2. The number of rotatable bonds is 18. The molecule has 3 fully saturated rings. The molecule has 3 aromatic carbocycles. The summed E-state index contributed by atoms with van der Waals surface area (Å²) in [6, 6.07) is 18.5. The number of aliphatic hydroxyl groups is 1. The predicted octanol–water partition coefficient (Wildman–Crippen LogP) is 7.87. The van der Waals surface area contributed by atoms with Crippen LogP contribution in [0, 0.1) is 17.3 Å². The van der Waals surface area contributed by atoms with Gasteiger partial charge in [-0.05, 0) is 128 Å². The van der Waals surface area contributed by atoms with Crippen LogP contribution in [0.5, 0.6) is 5.75 Å². The van der Waals surface area contributed by atoms with Crippen molar-refractivity contribution in [3.63, 3.8) is 0 Å². The molecule has 0 saturated carbocycles. The number of amides is 2. The van der Waals surface area contributed by atoms with Crippen molar-refractivity contribution in [1.82, 2.24) is 9.62 Å². The Morgan fingerprint density at radius 3 is 2.44 bits per heavy atom. The molecule has 0 spiro atoms. The number of carboxylic acids is 1. The van der Waals surface area contributed by atoms with Gasteiger partial charge in [-0.25, -0.2) is 18.0 Å². The number of alkyl carbamates (subject to hydrolysis) is 1. The van der Waals surface area contributed by atoms with Gasteiger partial charge in [0.2, 0.25) is 15.9 Å². The Morgan fingerprint density at radius 2 is 1.76 bits per heavy atom. The third kappa shape index (κ3) is 10.7. The SMILES string of the molecule is COc1ccc(S(=O)(=O)N(CC(C)C)C[C@@H](O)[C@H](Cc2ccc(NCc3cc(N4CCCC4=O)ccc3-c3sc4c(c3C(=O)O)CC(C)(C)CC4)cc2)NC(=O)O[C@H]2CO[C@@]3(C)OCC[C@@H]23)cc1. The minimum atomic E-state index is -4.08. The normalized spacial score (nSPS) is 22.0. The molecule has 3 saturated heterocycles. The van der Waals surface area contributed by atoms with Gasteiger partial charge in [0.25, 0.3) is 0 Å². The summed E-state index contributed by atoms with van der Waals surface area (Å²) in [5.74, 6) is -1.46. The Morgan fingerprint density at radius 1 is 1.01 bits per heavy atom. The molecule has 8 rings (SSSR count). The van der Waals surface area contributed by atoms with Gasteiger partial charge in [0.05, 0.1) is 48.8 Å². The van der Waals surface area contributed by atoms with Crippen molar-refractivity contribution in [2.24, 2.45) is 17.3 Å². The van der Waals surface area contributed by atoms with E-state index in [1.54, 1.807) is 28.4 Å². The maximum absolute atomic E-state index is 14.1. The van der Waals surface area contributed by atoms with E-state index < -0.39 is 46.1 Å². The van der Waals surface area contributed by atoms with Gasteiger partial charge in [0.15, 0.2) is 5.79 Å². The van der Waals surface area contributed by atoms with E-state index in [2.05, 4.69) is 24.5 Å². The zero-order valence-corrected chi connectivity index (χ0v) is 41.3. The van der Waals surface area contributed by atoms with Crippen LogP contribution < -0.4 is 20.3 Å². The van der Waals surface area contributed by atoms with Crippen LogP contribution in [0.15, 0.2) is 71.6 Å². The van der Waals surface area contributed by atoms with Gasteiger partial charge in [0.1, 0.15) is 11.9 Å². The fourth-order valence-corrected chi connectivity index (χ4v) is 13.0. The minimum Gasteiger partial charge on any atom is -0.497 e. The molecule has 2 amide bonds. The van der Waals surface area contributed by atoms with Crippen LogP contribution in [-0.2, 0) is 54.8 Å². The van der Waals surface area contributed by atoms with Crippen LogP contribution in [0.3, 0.4) is 0 Å². The Balaban J connectivity index is 1.04. The first-order valence-electron chi connectivity index (χ1n) is 23.6. The maximum Gasteiger partial charge on any atom is 0.407 e. The van der Waals surface area contributed by atoms with Gasteiger partial charge in [-0.15, -0.1) is 11.3 Å². The van der Waals surface area contributed by atoms with Gasteiger partial charge >= 0.3 is 12.1 Å². The Bertz CT molecular complexity index is 2600. The van der Waals surface area contributed by atoms with E-state index >= 15 is 0 Å². The lowest BCUT2D eigenvalue weighted by Crippen LogP contribution is -2.51. The fourth-order valence-electron chi connectivity index (χ4n) is 10.0. The van der Waals surface area contributed by atoms with Gasteiger partial charge in [0, 0.05) is 53.7 Å². The second-order valence-electron chi connectivity index (χ2n) is 19.8. The number of thiophene rings is 1. The number of carbonyl (C=O) groups is 3. The summed E-state index contributed by atoms with van der Waals surface area (Å²) in [6.45, 7) is 11.4. The molecule has 366 valence electrons. The average molecular weight is 973 g/mol. The lowest BCUT2D eigenvalue weighted by atomic mass is 9.76. The molecular formula is C51H64N4O11S2. The number of benzene rings is 3. The second kappa shape index (κ2) is 20.1. The molecule has 4 N–H and O–H groups in total. The largest absolute Gasteiger partial charge is 0.497 e. The molecule has 17 heteroatoms. The number of anilines is 2. The molecule has 4 aromatic rings. The van der Waals surface area contributed by atoms with Crippen LogP contribution in [0.4, 0.5) is 16.2 Å². The second-order valence-corrected chi connectivity index (χ2v) is 22.9. The summed E-state index contributed by atoms with van der Waals surface area (Å²) >= 11 is 1.55. The number of aromatic carboxylic acids is 1. The topological polar surface area (TPSA) is 193 Å². The summed E-state index contributed by atoms with van der Waals surface area (Å²) in [4.78, 5) is 43.1. The number of hydrogen-bond acceptors (Lipinski definition) is 12. The highest BCUT2D eigenvalue weighted by molar-refractivity contribution is 7.89. The average Bonchev–Trinajstić information content (AvgIpc) is 4.07. The summed E-state index contributed by atoms with van der Waals surface area (Å²) in [7, 11) is -2.58. The molecule has 0 radical (unpaired) electrons. The van der Waals surface area contributed by atoms with Gasteiger partial charge < -0.3 is 44.7 Å². The van der Waals surface area contributed by atoms with Crippen LogP contribution in [0.2, 0.25) is 0 Å². The smallest absolute Gasteiger partial charge is 0.407 e. The Labute approximate surface area is 403 Å². The molecule has 1 aromatic heterocycles. The van der Waals surface area contributed by atoms with E-state index in [4.69, 9.17) is 18.9 Å². The van der Waals surface area contributed by atoms with E-state index in [1.807, 2.05) is 63.2 Å². The monoisotopic (exact) mass is 972 g/mol. The van der Waals surface area contributed by atoms with Gasteiger partial charge in [-0.3, -0.25) is 4.79 Å². The molecule has 5 atom stereocenters. The number of carbonyl (C=O) groups excluding carboxylic acids is 2. The first kappa shape index (κ1) is 49.4. The molecule has 0 bridgehead atoms. The molecule has 68 heavy (non-hydrogen) atoms. The molecule has 0 unspecified atom stereocenters. The standard InChI is InChI=1S/C51H64N4O11S2/c1-31(2)28-54(68(61,62)37-16-14-36(63-6)15-17-37)29-42(56)41(53-49(60)66-43-30-65-51(5)40(43)20-23-64-51)24-32-9-11-34(12-10-32)52-27-33-25-35(55-22-7-8-45(55)57)13-18-38(33)47-46(48(58)59)39-26-50(3,4)21-19-44(39)67-47/h9-18,25,31,40-43,52,56H,7-8,19-24,26-30H2,1-6H3,(H,53,60)(H,58,59)/t40-,41-,42+,43-,51+/m0/s1. The Hall–Kier alpha value is -5.04. The van der Waals surface area contributed by atoms with E-state index in [-0.39, 0.29) is 54.2 Å². The third-order valence-corrected chi connectivity index (χ3v) is 16.9. The summed E-state index contributed by atoms with van der Waals surface area (Å²) in [6.07, 6.45) is 1.87. The van der Waals surface area contributed by atoms with Crippen LogP contribution >= 0.6 is 11.3 Å². The molecule has 1 aliphatic carbocycles. The van der Waals surface area contributed by atoms with Crippen molar-refractivity contribution < 1.29 is 52.0 Å². The number of ether oxygens (including phenoxy) is 4. The van der Waals surface area contributed by atoms with Crippen molar-refractivity contribution in [3.05, 3.63) is 93.9 Å². The number of aryl methyl sites for hydroxylation is 1. The third-order valence-electron chi connectivity index (χ3n) is 13.8. The van der Waals surface area contributed by atoms with Gasteiger partial charge in [-0.2, -0.15) is 4.31 Å². The van der Waals surface area contributed by atoms with E-state index in [0.29, 0.717) is 50.3 Å². The highest BCUT2D eigenvalue weighted by Gasteiger charge is 2.53. The van der Waals surface area contributed by atoms with Crippen molar-refractivity contribution >= 4 is 50.7 Å². The molecule has 4 heterocycles. The van der Waals surface area contributed by atoms with Crippen LogP contribution in [-0.4, -0.2) is 105 Å². The number of nitrogens with zero attached hydrogens (tertiary/aromatic N) is 2.